The molecule has 1 fully saturated rings. The number of hydrogen-bond donors (Lipinski definition) is 1. The standard InChI is InChI=1S/C19H30N2/c1-15-10-11-19(18-9-5-4-8-17(15)18)20-14-16(2)21-12-6-3-7-13-21/h4-5,8-9,15-16,19-20H,3,6-7,10-14H2,1-2H3. The van der Waals surface area contributed by atoms with Crippen LogP contribution < -0.4 is 5.32 Å². The molecule has 0 aromatic heterocycles. The summed E-state index contributed by atoms with van der Waals surface area (Å²) < 4.78 is 0. The second-order valence-electron chi connectivity index (χ2n) is 7.01. The van der Waals surface area contributed by atoms with Gasteiger partial charge in [0.05, 0.1) is 0 Å². The van der Waals surface area contributed by atoms with Crippen LogP contribution in [0.1, 0.15) is 69.0 Å². The fraction of sp³-hybridized carbons (Fsp3) is 0.684. The van der Waals surface area contributed by atoms with Crippen LogP contribution in [0.25, 0.3) is 0 Å². The van der Waals surface area contributed by atoms with Gasteiger partial charge >= 0.3 is 0 Å². The van der Waals surface area contributed by atoms with Gasteiger partial charge in [0.15, 0.2) is 0 Å². The van der Waals surface area contributed by atoms with Gasteiger partial charge in [-0.2, -0.15) is 0 Å². The van der Waals surface area contributed by atoms with Gasteiger partial charge in [-0.25, -0.2) is 0 Å². The number of nitrogens with zero attached hydrogens (tertiary/aromatic N) is 1. The van der Waals surface area contributed by atoms with Gasteiger partial charge in [0, 0.05) is 18.6 Å². The highest BCUT2D eigenvalue weighted by molar-refractivity contribution is 5.34. The molecule has 1 saturated heterocycles. The van der Waals surface area contributed by atoms with Crippen LogP contribution in [0.3, 0.4) is 0 Å². The Kier molecular flexibility index (Phi) is 4.97. The molecule has 1 aliphatic heterocycles. The van der Waals surface area contributed by atoms with Crippen LogP contribution in [-0.2, 0) is 0 Å². The summed E-state index contributed by atoms with van der Waals surface area (Å²) in [5.74, 6) is 0.721. The van der Waals surface area contributed by atoms with E-state index in [9.17, 15) is 0 Å². The van der Waals surface area contributed by atoms with E-state index in [1.54, 1.807) is 11.1 Å². The molecule has 3 rings (SSSR count). The van der Waals surface area contributed by atoms with E-state index in [0.717, 1.165) is 12.5 Å². The van der Waals surface area contributed by atoms with Crippen LogP contribution in [0.4, 0.5) is 0 Å². The largest absolute Gasteiger partial charge is 0.308 e. The number of rotatable bonds is 4. The number of nitrogens with one attached hydrogen (secondary N) is 1. The lowest BCUT2D eigenvalue weighted by Crippen LogP contribution is -2.44. The molecule has 1 aromatic rings. The first-order valence-electron chi connectivity index (χ1n) is 8.82. The molecule has 1 heterocycles. The summed E-state index contributed by atoms with van der Waals surface area (Å²) in [5, 5.41) is 3.85. The maximum absolute atomic E-state index is 3.85. The normalized spacial score (nSPS) is 28.1. The molecule has 21 heavy (non-hydrogen) atoms. The van der Waals surface area contributed by atoms with Gasteiger partial charge in [-0.05, 0) is 62.7 Å². The molecular formula is C19H30N2. The summed E-state index contributed by atoms with van der Waals surface area (Å²) in [7, 11) is 0. The third kappa shape index (κ3) is 3.49. The minimum Gasteiger partial charge on any atom is -0.308 e. The Hall–Kier alpha value is -0.860. The first-order valence-corrected chi connectivity index (χ1v) is 8.82. The Balaban J connectivity index is 1.59. The molecule has 1 aromatic carbocycles. The summed E-state index contributed by atoms with van der Waals surface area (Å²) in [4.78, 5) is 2.66. The predicted octanol–water partition coefficient (Wildman–Crippen LogP) is 4.09. The number of fused-ring (bicyclic) bond motifs is 1. The molecule has 1 aliphatic carbocycles. The molecule has 2 aliphatic rings. The van der Waals surface area contributed by atoms with Crippen molar-refractivity contribution in [1.29, 1.82) is 0 Å². The first kappa shape index (κ1) is 15.1. The van der Waals surface area contributed by atoms with E-state index >= 15 is 0 Å². The van der Waals surface area contributed by atoms with E-state index in [-0.39, 0.29) is 0 Å². The molecule has 3 unspecified atom stereocenters. The smallest absolute Gasteiger partial charge is 0.0323 e. The monoisotopic (exact) mass is 286 g/mol. The summed E-state index contributed by atoms with van der Waals surface area (Å²) in [5.41, 5.74) is 3.11. The Morgan fingerprint density at radius 1 is 1.10 bits per heavy atom. The maximum atomic E-state index is 3.85. The van der Waals surface area contributed by atoms with Crippen molar-refractivity contribution in [3.63, 3.8) is 0 Å². The van der Waals surface area contributed by atoms with Gasteiger partial charge in [-0.3, -0.25) is 4.90 Å². The van der Waals surface area contributed by atoms with E-state index in [0.29, 0.717) is 12.1 Å². The molecule has 2 heteroatoms. The van der Waals surface area contributed by atoms with Gasteiger partial charge in [-0.1, -0.05) is 37.6 Å². The number of likely N-dealkylation sites (tertiary alicyclic amines) is 1. The van der Waals surface area contributed by atoms with Gasteiger partial charge in [0.25, 0.3) is 0 Å². The Labute approximate surface area is 129 Å². The van der Waals surface area contributed by atoms with Crippen molar-refractivity contribution < 1.29 is 0 Å². The topological polar surface area (TPSA) is 15.3 Å². The lowest BCUT2D eigenvalue weighted by Gasteiger charge is -2.35. The number of piperidine rings is 1. The van der Waals surface area contributed by atoms with Gasteiger partial charge in [0.2, 0.25) is 0 Å². The molecule has 116 valence electrons. The second-order valence-corrected chi connectivity index (χ2v) is 7.01. The van der Waals surface area contributed by atoms with E-state index in [1.165, 1.54) is 45.2 Å². The molecule has 0 saturated carbocycles. The minimum atomic E-state index is 0.560. The quantitative estimate of drug-likeness (QED) is 0.897. The Bertz CT molecular complexity index is 451. The maximum Gasteiger partial charge on any atom is 0.0323 e. The van der Waals surface area contributed by atoms with E-state index in [2.05, 4.69) is 48.3 Å². The van der Waals surface area contributed by atoms with Crippen molar-refractivity contribution in [3.8, 4) is 0 Å². The lowest BCUT2D eigenvalue weighted by molar-refractivity contribution is 0.167. The third-order valence-electron chi connectivity index (χ3n) is 5.46. The van der Waals surface area contributed by atoms with Crippen molar-refractivity contribution in [2.45, 2.75) is 64.0 Å². The van der Waals surface area contributed by atoms with Crippen molar-refractivity contribution >= 4 is 0 Å². The number of benzene rings is 1. The van der Waals surface area contributed by atoms with Crippen LogP contribution in [-0.4, -0.2) is 30.6 Å². The first-order chi connectivity index (χ1) is 10.3. The summed E-state index contributed by atoms with van der Waals surface area (Å²) in [6, 6.07) is 10.3. The Morgan fingerprint density at radius 3 is 2.57 bits per heavy atom. The zero-order valence-corrected chi connectivity index (χ0v) is 13.6. The SMILES string of the molecule is CC1CCC(NCC(C)N2CCCCC2)c2ccccc21. The minimum absolute atomic E-state index is 0.560. The van der Waals surface area contributed by atoms with E-state index < -0.39 is 0 Å². The third-order valence-corrected chi connectivity index (χ3v) is 5.46. The van der Waals surface area contributed by atoms with Crippen LogP contribution in [0, 0.1) is 0 Å². The highest BCUT2D eigenvalue weighted by Crippen LogP contribution is 2.36. The molecule has 0 radical (unpaired) electrons. The van der Waals surface area contributed by atoms with E-state index in [1.807, 2.05) is 0 Å². The lowest BCUT2D eigenvalue weighted by atomic mass is 9.81. The zero-order chi connectivity index (χ0) is 14.7. The summed E-state index contributed by atoms with van der Waals surface area (Å²) in [6.07, 6.45) is 6.78. The zero-order valence-electron chi connectivity index (χ0n) is 13.6. The molecule has 2 nitrogen and oxygen atoms in total. The molecule has 1 N–H and O–H groups in total. The summed E-state index contributed by atoms with van der Waals surface area (Å²) in [6.45, 7) is 8.46. The van der Waals surface area contributed by atoms with Crippen molar-refractivity contribution in [2.75, 3.05) is 19.6 Å². The molecule has 0 bridgehead atoms. The highest BCUT2D eigenvalue weighted by Gasteiger charge is 2.25. The van der Waals surface area contributed by atoms with Crippen LogP contribution >= 0.6 is 0 Å². The molecule has 0 amide bonds. The fourth-order valence-electron chi connectivity index (χ4n) is 4.02. The fourth-order valence-corrected chi connectivity index (χ4v) is 4.02. The van der Waals surface area contributed by atoms with Crippen molar-refractivity contribution in [3.05, 3.63) is 35.4 Å². The van der Waals surface area contributed by atoms with Crippen molar-refractivity contribution in [2.24, 2.45) is 0 Å². The van der Waals surface area contributed by atoms with Gasteiger partial charge in [-0.15, -0.1) is 0 Å². The van der Waals surface area contributed by atoms with Crippen LogP contribution in [0.2, 0.25) is 0 Å². The molecule has 0 spiro atoms. The van der Waals surface area contributed by atoms with Gasteiger partial charge in [0.1, 0.15) is 0 Å². The summed E-state index contributed by atoms with van der Waals surface area (Å²) >= 11 is 0. The van der Waals surface area contributed by atoms with Crippen LogP contribution in [0.15, 0.2) is 24.3 Å². The number of hydrogen-bond acceptors (Lipinski definition) is 2. The van der Waals surface area contributed by atoms with E-state index in [4.69, 9.17) is 0 Å². The predicted molar refractivity (Wildman–Crippen MR) is 89.7 cm³/mol. The van der Waals surface area contributed by atoms with Crippen molar-refractivity contribution in [1.82, 2.24) is 10.2 Å². The second kappa shape index (κ2) is 6.93. The molecule has 3 atom stereocenters. The molecular weight excluding hydrogens is 256 g/mol. The average Bonchev–Trinajstić information content (AvgIpc) is 2.55. The van der Waals surface area contributed by atoms with Crippen LogP contribution in [0.5, 0.6) is 0 Å². The average molecular weight is 286 g/mol. The Morgan fingerprint density at radius 2 is 1.81 bits per heavy atom. The highest BCUT2D eigenvalue weighted by atomic mass is 15.2. The van der Waals surface area contributed by atoms with Gasteiger partial charge < -0.3 is 5.32 Å².